The van der Waals surface area contributed by atoms with Crippen molar-refractivity contribution in [1.82, 2.24) is 4.90 Å². The first kappa shape index (κ1) is 13.2. The minimum atomic E-state index is -4.45. The van der Waals surface area contributed by atoms with Crippen molar-refractivity contribution in [3.05, 3.63) is 0 Å². The van der Waals surface area contributed by atoms with Crippen LogP contribution in [-0.4, -0.2) is 54.5 Å². The van der Waals surface area contributed by atoms with Gasteiger partial charge in [0.05, 0.1) is 6.61 Å². The first-order chi connectivity index (χ1) is 7.44. The first-order valence-corrected chi connectivity index (χ1v) is 5.02. The van der Waals surface area contributed by atoms with Crippen molar-refractivity contribution < 1.29 is 27.8 Å². The van der Waals surface area contributed by atoms with Crippen LogP contribution in [0.15, 0.2) is 0 Å². The quantitative estimate of drug-likeness (QED) is 0.782. The van der Waals surface area contributed by atoms with Crippen LogP contribution >= 0.6 is 0 Å². The maximum Gasteiger partial charge on any atom is 0.406 e. The summed E-state index contributed by atoms with van der Waals surface area (Å²) in [5, 5.41) is 8.62. The molecule has 0 saturated carbocycles. The standard InChI is InChI=1S/C9H14F3NO3/c10-9(11,12)6-13(3-4-14)8(15)7-2-1-5-16-7/h7,14H,1-6H2/t7-/m0/s1. The number of amides is 1. The fourth-order valence-electron chi connectivity index (χ4n) is 1.58. The zero-order chi connectivity index (χ0) is 12.2. The van der Waals surface area contributed by atoms with Crippen LogP contribution in [-0.2, 0) is 9.53 Å². The molecule has 16 heavy (non-hydrogen) atoms. The molecule has 4 nitrogen and oxygen atoms in total. The van der Waals surface area contributed by atoms with E-state index in [-0.39, 0.29) is 6.54 Å². The average Bonchev–Trinajstić information content (AvgIpc) is 2.66. The van der Waals surface area contributed by atoms with Gasteiger partial charge in [-0.25, -0.2) is 0 Å². The van der Waals surface area contributed by atoms with E-state index < -0.39 is 31.3 Å². The zero-order valence-corrected chi connectivity index (χ0v) is 8.66. The SMILES string of the molecule is O=C([C@@H]1CCCO1)N(CCO)CC(F)(F)F. The number of aliphatic hydroxyl groups excluding tert-OH is 1. The van der Waals surface area contributed by atoms with Crippen LogP contribution in [0.1, 0.15) is 12.8 Å². The molecule has 1 aliphatic rings. The summed E-state index contributed by atoms with van der Waals surface area (Å²) in [4.78, 5) is 12.2. The molecule has 1 amide bonds. The number of halogens is 3. The van der Waals surface area contributed by atoms with Crippen molar-refractivity contribution >= 4 is 5.91 Å². The zero-order valence-electron chi connectivity index (χ0n) is 8.66. The lowest BCUT2D eigenvalue weighted by molar-refractivity contribution is -0.167. The maximum atomic E-state index is 12.2. The Morgan fingerprint density at radius 1 is 1.50 bits per heavy atom. The van der Waals surface area contributed by atoms with Gasteiger partial charge in [-0.15, -0.1) is 0 Å². The van der Waals surface area contributed by atoms with Gasteiger partial charge in [-0.3, -0.25) is 4.79 Å². The number of rotatable bonds is 4. The number of carbonyl (C=O) groups excluding carboxylic acids is 1. The highest BCUT2D eigenvalue weighted by Gasteiger charge is 2.36. The van der Waals surface area contributed by atoms with Gasteiger partial charge in [0.1, 0.15) is 12.6 Å². The summed E-state index contributed by atoms with van der Waals surface area (Å²) < 4.78 is 41.5. The summed E-state index contributed by atoms with van der Waals surface area (Å²) >= 11 is 0. The third-order valence-electron chi connectivity index (χ3n) is 2.26. The minimum absolute atomic E-state index is 0.321. The first-order valence-electron chi connectivity index (χ1n) is 5.02. The number of alkyl halides is 3. The van der Waals surface area contributed by atoms with Crippen LogP contribution in [0.5, 0.6) is 0 Å². The molecule has 1 atom stereocenters. The van der Waals surface area contributed by atoms with Gasteiger partial charge in [0.25, 0.3) is 5.91 Å². The molecule has 7 heteroatoms. The number of carbonyl (C=O) groups is 1. The van der Waals surface area contributed by atoms with Crippen molar-refractivity contribution in [2.24, 2.45) is 0 Å². The molecule has 0 aromatic carbocycles. The Balaban J connectivity index is 2.57. The van der Waals surface area contributed by atoms with Gasteiger partial charge in [0, 0.05) is 13.2 Å². The lowest BCUT2D eigenvalue weighted by atomic mass is 10.2. The van der Waals surface area contributed by atoms with Gasteiger partial charge in [0.15, 0.2) is 0 Å². The summed E-state index contributed by atoms with van der Waals surface area (Å²) in [5.74, 6) is -0.691. The second kappa shape index (κ2) is 5.49. The monoisotopic (exact) mass is 241 g/mol. The lowest BCUT2D eigenvalue weighted by Gasteiger charge is -2.25. The van der Waals surface area contributed by atoms with E-state index in [1.807, 2.05) is 0 Å². The molecule has 1 aliphatic heterocycles. The number of ether oxygens (including phenoxy) is 1. The molecule has 1 saturated heterocycles. The van der Waals surface area contributed by atoms with Gasteiger partial charge in [-0.05, 0) is 12.8 Å². The fraction of sp³-hybridized carbons (Fsp3) is 0.889. The van der Waals surface area contributed by atoms with Crippen molar-refractivity contribution in [2.45, 2.75) is 25.1 Å². The maximum absolute atomic E-state index is 12.2. The van der Waals surface area contributed by atoms with E-state index in [4.69, 9.17) is 9.84 Å². The van der Waals surface area contributed by atoms with Crippen molar-refractivity contribution in [1.29, 1.82) is 0 Å². The van der Waals surface area contributed by atoms with Crippen LogP contribution in [0.3, 0.4) is 0 Å². The molecule has 0 aliphatic carbocycles. The van der Waals surface area contributed by atoms with E-state index in [9.17, 15) is 18.0 Å². The Bertz CT molecular complexity index is 239. The van der Waals surface area contributed by atoms with E-state index in [1.165, 1.54) is 0 Å². The number of nitrogens with zero attached hydrogens (tertiary/aromatic N) is 1. The van der Waals surface area contributed by atoms with Crippen molar-refractivity contribution in [3.8, 4) is 0 Å². The Labute approximate surface area is 91.0 Å². The Kier molecular flexibility index (Phi) is 4.55. The van der Waals surface area contributed by atoms with Crippen LogP contribution in [0, 0.1) is 0 Å². The average molecular weight is 241 g/mol. The molecule has 0 aromatic heterocycles. The normalized spacial score (nSPS) is 21.1. The molecule has 1 heterocycles. The number of hydrogen-bond acceptors (Lipinski definition) is 3. The van der Waals surface area contributed by atoms with E-state index >= 15 is 0 Å². The van der Waals surface area contributed by atoms with Crippen molar-refractivity contribution in [3.63, 3.8) is 0 Å². The molecule has 1 rings (SSSR count). The van der Waals surface area contributed by atoms with Crippen LogP contribution in [0.25, 0.3) is 0 Å². The van der Waals surface area contributed by atoms with Crippen LogP contribution in [0.2, 0.25) is 0 Å². The third-order valence-corrected chi connectivity index (χ3v) is 2.26. The molecule has 1 fully saturated rings. The van der Waals surface area contributed by atoms with Gasteiger partial charge in [0.2, 0.25) is 0 Å². The third kappa shape index (κ3) is 3.97. The lowest BCUT2D eigenvalue weighted by Crippen LogP contribution is -2.45. The molecular weight excluding hydrogens is 227 g/mol. The highest BCUT2D eigenvalue weighted by atomic mass is 19.4. The summed E-state index contributed by atoms with van der Waals surface area (Å²) in [6.45, 7) is -1.76. The van der Waals surface area contributed by atoms with Gasteiger partial charge in [-0.2, -0.15) is 13.2 Å². The summed E-state index contributed by atoms with van der Waals surface area (Å²) in [6.07, 6.45) is -4.12. The molecular formula is C9H14F3NO3. The highest BCUT2D eigenvalue weighted by molar-refractivity contribution is 5.81. The number of hydrogen-bond donors (Lipinski definition) is 1. The van der Waals surface area contributed by atoms with Crippen molar-refractivity contribution in [2.75, 3.05) is 26.3 Å². The van der Waals surface area contributed by atoms with E-state index in [0.29, 0.717) is 24.3 Å². The predicted octanol–water partition coefficient (Wildman–Crippen LogP) is 0.549. The second-order valence-corrected chi connectivity index (χ2v) is 3.60. The van der Waals surface area contributed by atoms with E-state index in [1.54, 1.807) is 0 Å². The number of aliphatic hydroxyl groups is 1. The Hall–Kier alpha value is -0.820. The summed E-state index contributed by atoms with van der Waals surface area (Å²) in [5.41, 5.74) is 0. The van der Waals surface area contributed by atoms with Crippen LogP contribution in [0.4, 0.5) is 13.2 Å². The highest BCUT2D eigenvalue weighted by Crippen LogP contribution is 2.20. The fourth-order valence-corrected chi connectivity index (χ4v) is 1.58. The Morgan fingerprint density at radius 3 is 2.62 bits per heavy atom. The topological polar surface area (TPSA) is 49.8 Å². The molecule has 94 valence electrons. The van der Waals surface area contributed by atoms with Crippen LogP contribution < -0.4 is 0 Å². The van der Waals surface area contributed by atoms with E-state index in [0.717, 1.165) is 0 Å². The Morgan fingerprint density at radius 2 is 2.19 bits per heavy atom. The second-order valence-electron chi connectivity index (χ2n) is 3.60. The van der Waals surface area contributed by atoms with Gasteiger partial charge in [-0.1, -0.05) is 0 Å². The molecule has 1 N–H and O–H groups in total. The minimum Gasteiger partial charge on any atom is -0.395 e. The molecule has 0 spiro atoms. The van der Waals surface area contributed by atoms with Gasteiger partial charge < -0.3 is 14.7 Å². The molecule has 0 unspecified atom stereocenters. The molecule has 0 bridgehead atoms. The molecule has 0 aromatic rings. The largest absolute Gasteiger partial charge is 0.406 e. The van der Waals surface area contributed by atoms with Gasteiger partial charge >= 0.3 is 6.18 Å². The van der Waals surface area contributed by atoms with E-state index in [2.05, 4.69) is 0 Å². The molecule has 0 radical (unpaired) electrons. The predicted molar refractivity (Wildman–Crippen MR) is 48.7 cm³/mol. The summed E-state index contributed by atoms with van der Waals surface area (Å²) in [6, 6.07) is 0. The smallest absolute Gasteiger partial charge is 0.395 e. The summed E-state index contributed by atoms with van der Waals surface area (Å²) in [7, 11) is 0.